The van der Waals surface area contributed by atoms with E-state index in [4.69, 9.17) is 4.74 Å². The molecule has 1 saturated heterocycles. The van der Waals surface area contributed by atoms with Crippen molar-refractivity contribution in [1.29, 1.82) is 0 Å². The average molecular weight is 353 g/mol. The maximum atomic E-state index is 13.3. The predicted octanol–water partition coefficient (Wildman–Crippen LogP) is 2.20. The second-order valence-corrected chi connectivity index (χ2v) is 6.64. The molecule has 4 heterocycles. The minimum absolute atomic E-state index is 0.0315. The summed E-state index contributed by atoms with van der Waals surface area (Å²) in [6.07, 6.45) is 5.84. The fourth-order valence-corrected chi connectivity index (χ4v) is 3.64. The summed E-state index contributed by atoms with van der Waals surface area (Å²) in [4.78, 5) is 26.3. The first kappa shape index (κ1) is 16.8. The third-order valence-electron chi connectivity index (χ3n) is 5.00. The summed E-state index contributed by atoms with van der Waals surface area (Å²) < 4.78 is 7.11. The third-order valence-corrected chi connectivity index (χ3v) is 5.00. The number of ether oxygens (including phenoxy) is 1. The Morgan fingerprint density at radius 2 is 2.08 bits per heavy atom. The minimum atomic E-state index is -0.0315. The van der Waals surface area contributed by atoms with Crippen molar-refractivity contribution in [3.63, 3.8) is 0 Å². The first-order chi connectivity index (χ1) is 12.7. The standard InChI is InChI=1S/C19H23N5O2/c1-22(11-12-26-2)19(25)15-14-7-3-4-10-24(14)18-16(15)17(20-13-21-18)23-8-5-6-9-23/h3-4,7,10,13H,5-6,8-9,11-12H2,1-2H3. The Morgan fingerprint density at radius 1 is 1.27 bits per heavy atom. The zero-order valence-corrected chi connectivity index (χ0v) is 15.2. The molecule has 136 valence electrons. The van der Waals surface area contributed by atoms with Crippen LogP contribution in [0.1, 0.15) is 23.2 Å². The molecule has 0 unspecified atom stereocenters. The molecule has 1 amide bonds. The molecule has 0 bridgehead atoms. The fraction of sp³-hybridized carbons (Fsp3) is 0.421. The zero-order valence-electron chi connectivity index (χ0n) is 15.2. The number of pyridine rings is 1. The Balaban J connectivity index is 1.94. The van der Waals surface area contributed by atoms with Gasteiger partial charge in [-0.3, -0.25) is 4.79 Å². The van der Waals surface area contributed by atoms with E-state index in [1.54, 1.807) is 25.4 Å². The Hall–Kier alpha value is -2.67. The van der Waals surface area contributed by atoms with Gasteiger partial charge in [-0.15, -0.1) is 0 Å². The number of aromatic nitrogens is 3. The first-order valence-corrected chi connectivity index (χ1v) is 8.95. The van der Waals surface area contributed by atoms with E-state index in [9.17, 15) is 4.79 Å². The molecular weight excluding hydrogens is 330 g/mol. The SMILES string of the molecule is COCCN(C)C(=O)c1c2c(N3CCCC3)ncnc2n2ccccc12. The van der Waals surface area contributed by atoms with E-state index in [0.717, 1.165) is 48.3 Å². The molecule has 7 nitrogen and oxygen atoms in total. The van der Waals surface area contributed by atoms with E-state index in [2.05, 4.69) is 14.9 Å². The number of carbonyl (C=O) groups is 1. The van der Waals surface area contributed by atoms with Crippen molar-refractivity contribution in [2.45, 2.75) is 12.8 Å². The number of methoxy groups -OCH3 is 1. The lowest BCUT2D eigenvalue weighted by Gasteiger charge is -2.19. The minimum Gasteiger partial charge on any atom is -0.383 e. The van der Waals surface area contributed by atoms with Crippen molar-refractivity contribution >= 4 is 28.3 Å². The number of amides is 1. The van der Waals surface area contributed by atoms with Gasteiger partial charge in [-0.25, -0.2) is 9.97 Å². The number of anilines is 1. The van der Waals surface area contributed by atoms with Gasteiger partial charge in [-0.2, -0.15) is 0 Å². The maximum absolute atomic E-state index is 13.3. The number of carbonyl (C=O) groups excluding carboxylic acids is 1. The Morgan fingerprint density at radius 3 is 2.85 bits per heavy atom. The van der Waals surface area contributed by atoms with Gasteiger partial charge in [0.2, 0.25) is 0 Å². The molecule has 3 aromatic heterocycles. The average Bonchev–Trinajstić information content (AvgIpc) is 3.31. The zero-order chi connectivity index (χ0) is 18.1. The van der Waals surface area contributed by atoms with Gasteiger partial charge in [-0.05, 0) is 25.0 Å². The number of likely N-dealkylation sites (N-methyl/N-ethyl adjacent to an activating group) is 1. The van der Waals surface area contributed by atoms with Crippen molar-refractivity contribution in [3.8, 4) is 0 Å². The Bertz CT molecular complexity index is 946. The van der Waals surface area contributed by atoms with Crippen LogP contribution in [0, 0.1) is 0 Å². The van der Waals surface area contributed by atoms with Crippen LogP contribution in [0.2, 0.25) is 0 Å². The first-order valence-electron chi connectivity index (χ1n) is 8.95. The second-order valence-electron chi connectivity index (χ2n) is 6.64. The number of hydrogen-bond acceptors (Lipinski definition) is 5. The molecule has 3 aromatic rings. The normalized spacial score (nSPS) is 14.5. The van der Waals surface area contributed by atoms with Crippen molar-refractivity contribution < 1.29 is 9.53 Å². The van der Waals surface area contributed by atoms with E-state index in [1.165, 1.54) is 0 Å². The van der Waals surface area contributed by atoms with Crippen molar-refractivity contribution in [3.05, 3.63) is 36.3 Å². The summed E-state index contributed by atoms with van der Waals surface area (Å²) in [7, 11) is 3.44. The largest absolute Gasteiger partial charge is 0.383 e. The highest BCUT2D eigenvalue weighted by molar-refractivity contribution is 6.16. The molecule has 4 rings (SSSR count). The van der Waals surface area contributed by atoms with Crippen molar-refractivity contribution in [2.75, 3.05) is 45.3 Å². The van der Waals surface area contributed by atoms with Gasteiger partial charge in [0.05, 0.1) is 23.1 Å². The maximum Gasteiger partial charge on any atom is 0.256 e. The van der Waals surface area contributed by atoms with E-state index in [-0.39, 0.29) is 5.91 Å². The summed E-state index contributed by atoms with van der Waals surface area (Å²) in [5.41, 5.74) is 2.31. The number of nitrogens with zero attached hydrogens (tertiary/aromatic N) is 5. The van der Waals surface area contributed by atoms with Crippen LogP contribution in [0.15, 0.2) is 30.7 Å². The molecule has 0 spiro atoms. The molecule has 1 fully saturated rings. The Kier molecular flexibility index (Phi) is 4.46. The number of fused-ring (bicyclic) bond motifs is 3. The monoisotopic (exact) mass is 353 g/mol. The van der Waals surface area contributed by atoms with Crippen molar-refractivity contribution in [2.24, 2.45) is 0 Å². The second kappa shape index (κ2) is 6.92. The smallest absolute Gasteiger partial charge is 0.256 e. The van der Waals surface area contributed by atoms with E-state index in [0.29, 0.717) is 18.7 Å². The summed E-state index contributed by atoms with van der Waals surface area (Å²) >= 11 is 0. The molecule has 0 atom stereocenters. The van der Waals surface area contributed by atoms with Crippen LogP contribution >= 0.6 is 0 Å². The lowest BCUT2D eigenvalue weighted by atomic mass is 10.1. The molecule has 0 radical (unpaired) electrons. The lowest BCUT2D eigenvalue weighted by molar-refractivity contribution is 0.0748. The quantitative estimate of drug-likeness (QED) is 0.704. The van der Waals surface area contributed by atoms with Gasteiger partial charge in [0.25, 0.3) is 5.91 Å². The van der Waals surface area contributed by atoms with Gasteiger partial charge in [0, 0.05) is 40.0 Å². The highest BCUT2D eigenvalue weighted by Gasteiger charge is 2.27. The molecule has 1 aliphatic rings. The van der Waals surface area contributed by atoms with E-state index < -0.39 is 0 Å². The fourth-order valence-electron chi connectivity index (χ4n) is 3.64. The lowest BCUT2D eigenvalue weighted by Crippen LogP contribution is -2.30. The van der Waals surface area contributed by atoms with Crippen LogP contribution in [0.5, 0.6) is 0 Å². The van der Waals surface area contributed by atoms with Gasteiger partial charge in [-0.1, -0.05) is 6.07 Å². The summed E-state index contributed by atoms with van der Waals surface area (Å²) in [6, 6.07) is 5.86. The van der Waals surface area contributed by atoms with Gasteiger partial charge < -0.3 is 18.9 Å². The van der Waals surface area contributed by atoms with Crippen LogP contribution in [0.4, 0.5) is 5.82 Å². The summed E-state index contributed by atoms with van der Waals surface area (Å²) in [6.45, 7) is 2.96. The summed E-state index contributed by atoms with van der Waals surface area (Å²) in [5, 5.41) is 0.842. The predicted molar refractivity (Wildman–Crippen MR) is 101 cm³/mol. The highest BCUT2D eigenvalue weighted by atomic mass is 16.5. The number of hydrogen-bond donors (Lipinski definition) is 0. The van der Waals surface area contributed by atoms with Crippen LogP contribution in [-0.4, -0.2) is 65.6 Å². The van der Waals surface area contributed by atoms with Gasteiger partial charge >= 0.3 is 0 Å². The van der Waals surface area contributed by atoms with Crippen LogP contribution in [0.3, 0.4) is 0 Å². The van der Waals surface area contributed by atoms with Crippen molar-refractivity contribution in [1.82, 2.24) is 19.3 Å². The molecule has 0 saturated carbocycles. The molecule has 7 heteroatoms. The van der Waals surface area contributed by atoms with Crippen LogP contribution < -0.4 is 4.90 Å². The Labute approximate surface area is 152 Å². The third kappa shape index (κ3) is 2.68. The van der Waals surface area contributed by atoms with E-state index in [1.807, 2.05) is 28.8 Å². The molecular formula is C19H23N5O2. The molecule has 1 aliphatic heterocycles. The van der Waals surface area contributed by atoms with Crippen LogP contribution in [0.25, 0.3) is 16.6 Å². The molecule has 0 aromatic carbocycles. The number of rotatable bonds is 5. The highest BCUT2D eigenvalue weighted by Crippen LogP contribution is 2.33. The van der Waals surface area contributed by atoms with E-state index >= 15 is 0 Å². The summed E-state index contributed by atoms with van der Waals surface area (Å²) in [5.74, 6) is 0.829. The van der Waals surface area contributed by atoms with Crippen LogP contribution in [-0.2, 0) is 4.74 Å². The van der Waals surface area contributed by atoms with Gasteiger partial charge in [0.15, 0.2) is 5.65 Å². The van der Waals surface area contributed by atoms with Gasteiger partial charge in [0.1, 0.15) is 12.1 Å². The molecule has 0 N–H and O–H groups in total. The topological polar surface area (TPSA) is 63.0 Å². The molecule has 0 aliphatic carbocycles. The molecule has 26 heavy (non-hydrogen) atoms.